The van der Waals surface area contributed by atoms with Gasteiger partial charge in [0.25, 0.3) is 17.5 Å². The normalized spacial score (nSPS) is 10.7. The number of halogens is 4. The van der Waals surface area contributed by atoms with Crippen LogP contribution in [-0.4, -0.2) is 29.6 Å². The summed E-state index contributed by atoms with van der Waals surface area (Å²) in [5, 5.41) is 18.0. The van der Waals surface area contributed by atoms with E-state index in [0.29, 0.717) is 16.3 Å². The second-order valence-electron chi connectivity index (χ2n) is 6.78. The number of anilines is 1. The molecular formula is C22H14Cl4N4O5. The van der Waals surface area contributed by atoms with Gasteiger partial charge in [-0.15, -0.1) is 0 Å². The van der Waals surface area contributed by atoms with Crippen LogP contribution in [0.5, 0.6) is 5.75 Å². The molecule has 0 aromatic heterocycles. The molecule has 35 heavy (non-hydrogen) atoms. The molecule has 0 aliphatic heterocycles. The van der Waals surface area contributed by atoms with E-state index >= 15 is 0 Å². The Bertz CT molecular complexity index is 1290. The van der Waals surface area contributed by atoms with Crippen LogP contribution in [0.1, 0.15) is 15.9 Å². The van der Waals surface area contributed by atoms with Crippen molar-refractivity contribution in [2.24, 2.45) is 5.10 Å². The molecule has 0 heterocycles. The Hall–Kier alpha value is -3.37. The number of amides is 2. The number of hydrogen-bond acceptors (Lipinski definition) is 6. The van der Waals surface area contributed by atoms with Gasteiger partial charge in [-0.25, -0.2) is 5.43 Å². The summed E-state index contributed by atoms with van der Waals surface area (Å²) in [4.78, 5) is 34.4. The van der Waals surface area contributed by atoms with E-state index in [1.165, 1.54) is 48.7 Å². The molecule has 0 spiro atoms. The maximum Gasteiger partial charge on any atom is 0.271 e. The Labute approximate surface area is 218 Å². The first kappa shape index (κ1) is 26.2. The van der Waals surface area contributed by atoms with Crippen LogP contribution in [0, 0.1) is 10.1 Å². The highest BCUT2D eigenvalue weighted by atomic mass is 35.5. The molecule has 0 saturated heterocycles. The number of hydrazone groups is 1. The third-order valence-corrected chi connectivity index (χ3v) is 5.59. The topological polar surface area (TPSA) is 123 Å². The van der Waals surface area contributed by atoms with Crippen LogP contribution in [-0.2, 0) is 4.79 Å². The molecule has 0 aliphatic carbocycles. The standard InChI is InChI=1S/C22H14Cl4N4O5/c23-16-6-3-14(9-17(16)24)28-20(31)11-35-21-18(25)7-12(8-19(21)26)10-27-29-22(32)13-1-4-15(5-2-13)30(33)34/h1-10H,11H2,(H,28,31)(H,29,32)/b27-10+. The first-order valence-corrected chi connectivity index (χ1v) is 11.1. The predicted molar refractivity (Wildman–Crippen MR) is 135 cm³/mol. The van der Waals surface area contributed by atoms with Crippen LogP contribution >= 0.6 is 46.4 Å². The molecule has 0 aliphatic rings. The van der Waals surface area contributed by atoms with Crippen LogP contribution in [0.3, 0.4) is 0 Å². The number of nitro benzene ring substituents is 1. The van der Waals surface area contributed by atoms with Gasteiger partial charge in [-0.2, -0.15) is 5.10 Å². The second-order valence-corrected chi connectivity index (χ2v) is 8.41. The van der Waals surface area contributed by atoms with Crippen molar-refractivity contribution in [3.8, 4) is 5.75 Å². The van der Waals surface area contributed by atoms with E-state index in [1.54, 1.807) is 12.1 Å². The zero-order valence-corrected chi connectivity index (χ0v) is 20.5. The Morgan fingerprint density at radius 2 is 1.60 bits per heavy atom. The summed E-state index contributed by atoms with van der Waals surface area (Å²) in [6, 6.07) is 12.6. The summed E-state index contributed by atoms with van der Waals surface area (Å²) in [5.41, 5.74) is 3.22. The lowest BCUT2D eigenvalue weighted by Gasteiger charge is -2.11. The largest absolute Gasteiger partial charge is 0.481 e. The van der Waals surface area contributed by atoms with Gasteiger partial charge in [-0.3, -0.25) is 19.7 Å². The number of non-ortho nitro benzene ring substituents is 1. The van der Waals surface area contributed by atoms with Gasteiger partial charge in [-0.1, -0.05) is 46.4 Å². The summed E-state index contributed by atoms with van der Waals surface area (Å²) < 4.78 is 5.44. The molecule has 0 radical (unpaired) electrons. The van der Waals surface area contributed by atoms with Crippen molar-refractivity contribution in [3.63, 3.8) is 0 Å². The maximum absolute atomic E-state index is 12.2. The zero-order chi connectivity index (χ0) is 25.5. The van der Waals surface area contributed by atoms with Crippen LogP contribution < -0.4 is 15.5 Å². The number of nitrogens with zero attached hydrogens (tertiary/aromatic N) is 2. The van der Waals surface area contributed by atoms with Crippen LogP contribution in [0.2, 0.25) is 20.1 Å². The second kappa shape index (κ2) is 11.9. The van der Waals surface area contributed by atoms with Crippen molar-refractivity contribution in [3.05, 3.63) is 95.9 Å². The fraction of sp³-hybridized carbons (Fsp3) is 0.0455. The number of hydrogen-bond donors (Lipinski definition) is 2. The lowest BCUT2D eigenvalue weighted by atomic mass is 10.2. The minimum Gasteiger partial charge on any atom is -0.481 e. The number of benzene rings is 3. The molecule has 9 nitrogen and oxygen atoms in total. The summed E-state index contributed by atoms with van der Waals surface area (Å²) >= 11 is 24.2. The van der Waals surface area contributed by atoms with E-state index in [4.69, 9.17) is 51.1 Å². The van der Waals surface area contributed by atoms with Crippen LogP contribution in [0.25, 0.3) is 0 Å². The lowest BCUT2D eigenvalue weighted by Crippen LogP contribution is -2.20. The molecule has 180 valence electrons. The molecular weight excluding hydrogens is 542 g/mol. The molecule has 0 atom stereocenters. The SMILES string of the molecule is O=C(COc1c(Cl)cc(/C=N/NC(=O)c2ccc([N+](=O)[O-])cc2)cc1Cl)Nc1ccc(Cl)c(Cl)c1. The number of ether oxygens (including phenoxy) is 1. The average molecular weight is 556 g/mol. The van der Waals surface area contributed by atoms with Crippen molar-refractivity contribution >= 4 is 75.8 Å². The highest BCUT2D eigenvalue weighted by molar-refractivity contribution is 6.42. The predicted octanol–water partition coefficient (Wildman–Crippen LogP) is 5.99. The minimum absolute atomic E-state index is 0.0877. The minimum atomic E-state index is -0.568. The highest BCUT2D eigenvalue weighted by Gasteiger charge is 2.13. The van der Waals surface area contributed by atoms with Gasteiger partial charge >= 0.3 is 0 Å². The number of carbonyl (C=O) groups is 2. The molecule has 3 aromatic carbocycles. The van der Waals surface area contributed by atoms with Gasteiger partial charge in [0, 0.05) is 23.4 Å². The van der Waals surface area contributed by atoms with Gasteiger partial charge in [0.05, 0.1) is 31.2 Å². The van der Waals surface area contributed by atoms with E-state index in [2.05, 4.69) is 15.8 Å². The zero-order valence-electron chi connectivity index (χ0n) is 17.4. The summed E-state index contributed by atoms with van der Waals surface area (Å²) in [6.45, 7) is -0.377. The number of nitro groups is 1. The van der Waals surface area contributed by atoms with E-state index < -0.39 is 16.7 Å². The molecule has 3 aromatic rings. The smallest absolute Gasteiger partial charge is 0.271 e. The molecule has 0 fully saturated rings. The van der Waals surface area contributed by atoms with Crippen molar-refractivity contribution in [2.75, 3.05) is 11.9 Å². The van der Waals surface area contributed by atoms with Crippen molar-refractivity contribution in [1.82, 2.24) is 5.43 Å². The van der Waals surface area contributed by atoms with Crippen molar-refractivity contribution < 1.29 is 19.2 Å². The fourth-order valence-electron chi connectivity index (χ4n) is 2.67. The molecule has 13 heteroatoms. The van der Waals surface area contributed by atoms with E-state index in [9.17, 15) is 19.7 Å². The van der Waals surface area contributed by atoms with Gasteiger partial charge in [0.2, 0.25) is 0 Å². The molecule has 3 rings (SSSR count). The van der Waals surface area contributed by atoms with Gasteiger partial charge in [-0.05, 0) is 48.0 Å². The van der Waals surface area contributed by atoms with Crippen molar-refractivity contribution in [2.45, 2.75) is 0 Å². The Balaban J connectivity index is 1.57. The Morgan fingerprint density at radius 1 is 0.943 bits per heavy atom. The monoisotopic (exact) mass is 554 g/mol. The van der Waals surface area contributed by atoms with E-state index in [1.807, 2.05) is 0 Å². The maximum atomic E-state index is 12.2. The number of nitrogens with one attached hydrogen (secondary N) is 2. The van der Waals surface area contributed by atoms with Gasteiger partial charge in [0.1, 0.15) is 0 Å². The fourth-order valence-corrected chi connectivity index (χ4v) is 3.58. The first-order valence-electron chi connectivity index (χ1n) is 9.58. The highest BCUT2D eigenvalue weighted by Crippen LogP contribution is 2.34. The first-order chi connectivity index (χ1) is 16.6. The molecule has 0 unspecified atom stereocenters. The van der Waals surface area contributed by atoms with Crippen LogP contribution in [0.15, 0.2) is 59.7 Å². The molecule has 2 N–H and O–H groups in total. The summed E-state index contributed by atoms with van der Waals surface area (Å²) in [7, 11) is 0. The Kier molecular flexibility index (Phi) is 8.89. The van der Waals surface area contributed by atoms with Crippen molar-refractivity contribution in [1.29, 1.82) is 0 Å². The number of rotatable bonds is 8. The quantitative estimate of drug-likeness (QED) is 0.201. The molecule has 2 amide bonds. The third kappa shape index (κ3) is 7.30. The van der Waals surface area contributed by atoms with E-state index in [0.717, 1.165) is 0 Å². The van der Waals surface area contributed by atoms with Crippen LogP contribution in [0.4, 0.5) is 11.4 Å². The number of carbonyl (C=O) groups excluding carboxylic acids is 2. The average Bonchev–Trinajstić information content (AvgIpc) is 2.81. The summed E-state index contributed by atoms with van der Waals surface area (Å²) in [5.74, 6) is -0.957. The van der Waals surface area contributed by atoms with E-state index in [-0.39, 0.29) is 38.7 Å². The van der Waals surface area contributed by atoms with Gasteiger partial charge in [0.15, 0.2) is 12.4 Å². The molecule has 0 saturated carbocycles. The lowest BCUT2D eigenvalue weighted by molar-refractivity contribution is -0.384. The Morgan fingerprint density at radius 3 is 2.20 bits per heavy atom. The third-order valence-electron chi connectivity index (χ3n) is 4.29. The van der Waals surface area contributed by atoms with Gasteiger partial charge < -0.3 is 10.1 Å². The molecule has 0 bridgehead atoms. The summed E-state index contributed by atoms with van der Waals surface area (Å²) in [6.07, 6.45) is 1.29.